The molecule has 0 atom stereocenters. The van der Waals surface area contributed by atoms with Crippen LogP contribution in [0, 0.1) is 0 Å². The molecule has 8 heteroatoms. The molecular formula is C17H27N5O3. The van der Waals surface area contributed by atoms with Crippen LogP contribution in [0.4, 0.5) is 5.69 Å². The summed E-state index contributed by atoms with van der Waals surface area (Å²) in [4.78, 5) is 33.8. The van der Waals surface area contributed by atoms with E-state index in [1.807, 2.05) is 0 Å². The molecule has 138 valence electrons. The van der Waals surface area contributed by atoms with Gasteiger partial charge in [0.25, 0.3) is 0 Å². The fourth-order valence-electron chi connectivity index (χ4n) is 2.56. The number of ether oxygens (including phenoxy) is 1. The smallest absolute Gasteiger partial charge is 0.236 e. The number of hydrogen-bond donors (Lipinski definition) is 1. The van der Waals surface area contributed by atoms with Gasteiger partial charge in [-0.25, -0.2) is 4.98 Å². The van der Waals surface area contributed by atoms with E-state index in [1.54, 1.807) is 44.4 Å². The molecule has 2 amide bonds. The lowest BCUT2D eigenvalue weighted by Crippen LogP contribution is -2.49. The zero-order valence-corrected chi connectivity index (χ0v) is 15.2. The zero-order chi connectivity index (χ0) is 18.2. The maximum absolute atomic E-state index is 12.0. The Bertz CT molecular complexity index is 568. The first-order valence-corrected chi connectivity index (χ1v) is 8.42. The lowest BCUT2D eigenvalue weighted by Gasteiger charge is -2.34. The predicted octanol–water partition coefficient (Wildman–Crippen LogP) is 0.125. The minimum atomic E-state index is -0.0304. The second kappa shape index (κ2) is 9.33. The molecule has 0 unspecified atom stereocenters. The third kappa shape index (κ3) is 6.32. The number of carbonyl (C=O) groups is 2. The summed E-state index contributed by atoms with van der Waals surface area (Å²) in [5, 5.41) is 2.84. The first-order chi connectivity index (χ1) is 12.0. The second-order valence-electron chi connectivity index (χ2n) is 6.29. The van der Waals surface area contributed by atoms with Crippen LogP contribution in [0.2, 0.25) is 0 Å². The molecule has 1 aromatic heterocycles. The Kier molecular flexibility index (Phi) is 7.15. The van der Waals surface area contributed by atoms with Gasteiger partial charge in [-0.1, -0.05) is 0 Å². The maximum atomic E-state index is 12.0. The van der Waals surface area contributed by atoms with Crippen LogP contribution in [0.1, 0.15) is 6.42 Å². The number of carbonyl (C=O) groups excluding carboxylic acids is 2. The Labute approximate surface area is 148 Å². The number of pyridine rings is 1. The Morgan fingerprint density at radius 3 is 2.44 bits per heavy atom. The number of nitrogens with zero attached hydrogens (tertiary/aromatic N) is 4. The predicted molar refractivity (Wildman–Crippen MR) is 95.6 cm³/mol. The van der Waals surface area contributed by atoms with Crippen LogP contribution in [-0.2, 0) is 9.59 Å². The molecule has 0 aromatic carbocycles. The topological polar surface area (TPSA) is 78.0 Å². The van der Waals surface area contributed by atoms with E-state index in [4.69, 9.17) is 4.74 Å². The van der Waals surface area contributed by atoms with Crippen LogP contribution in [-0.4, -0.2) is 92.0 Å². The highest BCUT2D eigenvalue weighted by atomic mass is 16.5. The van der Waals surface area contributed by atoms with Gasteiger partial charge in [-0.3, -0.25) is 14.5 Å². The molecule has 0 radical (unpaired) electrons. The van der Waals surface area contributed by atoms with Gasteiger partial charge >= 0.3 is 0 Å². The largest absolute Gasteiger partial charge is 0.481 e. The Hall–Kier alpha value is -2.19. The fourth-order valence-corrected chi connectivity index (χ4v) is 2.56. The molecule has 0 saturated carbocycles. The van der Waals surface area contributed by atoms with Gasteiger partial charge in [0.15, 0.2) is 0 Å². The van der Waals surface area contributed by atoms with Gasteiger partial charge in [0.1, 0.15) is 0 Å². The zero-order valence-electron chi connectivity index (χ0n) is 15.2. The van der Waals surface area contributed by atoms with Gasteiger partial charge in [-0.2, -0.15) is 0 Å². The second-order valence-corrected chi connectivity index (χ2v) is 6.29. The van der Waals surface area contributed by atoms with E-state index in [0.29, 0.717) is 31.1 Å². The molecule has 25 heavy (non-hydrogen) atoms. The van der Waals surface area contributed by atoms with Crippen LogP contribution < -0.4 is 10.1 Å². The molecule has 1 saturated heterocycles. The van der Waals surface area contributed by atoms with Gasteiger partial charge in [-0.15, -0.1) is 0 Å². The van der Waals surface area contributed by atoms with E-state index in [2.05, 4.69) is 20.1 Å². The number of anilines is 1. The first-order valence-electron chi connectivity index (χ1n) is 8.42. The van der Waals surface area contributed by atoms with Crippen LogP contribution in [0.5, 0.6) is 5.88 Å². The van der Waals surface area contributed by atoms with E-state index in [9.17, 15) is 9.59 Å². The Morgan fingerprint density at radius 1 is 1.20 bits per heavy atom. The molecule has 2 rings (SSSR count). The Balaban J connectivity index is 1.66. The molecule has 2 heterocycles. The van der Waals surface area contributed by atoms with Crippen molar-refractivity contribution in [1.82, 2.24) is 19.7 Å². The summed E-state index contributed by atoms with van der Waals surface area (Å²) in [6, 6.07) is 3.48. The number of rotatable bonds is 7. The molecule has 8 nitrogen and oxygen atoms in total. The lowest BCUT2D eigenvalue weighted by atomic mass is 10.2. The SMILES string of the molecule is COc1ccc(NC(=O)CCN2CCN(CC(=O)N(C)C)CC2)cn1. The molecule has 0 aliphatic carbocycles. The third-order valence-corrected chi connectivity index (χ3v) is 4.21. The van der Waals surface area contributed by atoms with E-state index in [0.717, 1.165) is 26.2 Å². The minimum absolute atomic E-state index is 0.0304. The quantitative estimate of drug-likeness (QED) is 0.754. The van der Waals surface area contributed by atoms with Crippen molar-refractivity contribution < 1.29 is 14.3 Å². The van der Waals surface area contributed by atoms with E-state index < -0.39 is 0 Å². The van der Waals surface area contributed by atoms with Gasteiger partial charge in [-0.05, 0) is 6.07 Å². The normalized spacial score (nSPS) is 15.6. The lowest BCUT2D eigenvalue weighted by molar-refractivity contribution is -0.130. The average molecular weight is 349 g/mol. The van der Waals surface area contributed by atoms with Crippen molar-refractivity contribution in [1.29, 1.82) is 0 Å². The highest BCUT2D eigenvalue weighted by Gasteiger charge is 2.19. The molecule has 1 N–H and O–H groups in total. The Morgan fingerprint density at radius 2 is 1.88 bits per heavy atom. The number of amides is 2. The third-order valence-electron chi connectivity index (χ3n) is 4.21. The summed E-state index contributed by atoms with van der Waals surface area (Å²) in [5.74, 6) is 0.613. The highest BCUT2D eigenvalue weighted by Crippen LogP contribution is 2.11. The molecular weight excluding hydrogens is 322 g/mol. The number of methoxy groups -OCH3 is 1. The van der Waals surface area contributed by atoms with Crippen LogP contribution in [0.3, 0.4) is 0 Å². The molecule has 0 spiro atoms. The standard InChI is InChI=1S/C17H27N5O3/c1-20(2)17(24)13-22-10-8-21(9-11-22)7-6-15(23)19-14-4-5-16(25-3)18-12-14/h4-5,12H,6-11,13H2,1-3H3,(H,19,23). The molecule has 1 aliphatic heterocycles. The summed E-state index contributed by atoms with van der Waals surface area (Å²) >= 11 is 0. The van der Waals surface area contributed by atoms with Crippen molar-refractivity contribution in [2.45, 2.75) is 6.42 Å². The van der Waals surface area contributed by atoms with Crippen molar-refractivity contribution in [2.24, 2.45) is 0 Å². The van der Waals surface area contributed by atoms with E-state index >= 15 is 0 Å². The van der Waals surface area contributed by atoms with Crippen molar-refractivity contribution in [2.75, 3.05) is 65.8 Å². The van der Waals surface area contributed by atoms with Crippen molar-refractivity contribution in [3.63, 3.8) is 0 Å². The van der Waals surface area contributed by atoms with Gasteiger partial charge in [0, 0.05) is 59.3 Å². The summed E-state index contributed by atoms with van der Waals surface area (Å²) in [6.45, 7) is 4.63. The summed E-state index contributed by atoms with van der Waals surface area (Å²) in [7, 11) is 5.10. The van der Waals surface area contributed by atoms with Crippen molar-refractivity contribution in [3.8, 4) is 5.88 Å². The van der Waals surface area contributed by atoms with E-state index in [1.165, 1.54) is 0 Å². The van der Waals surface area contributed by atoms with Gasteiger partial charge in [0.2, 0.25) is 17.7 Å². The number of aromatic nitrogens is 1. The molecule has 1 fully saturated rings. The van der Waals surface area contributed by atoms with Gasteiger partial charge < -0.3 is 19.9 Å². The monoisotopic (exact) mass is 349 g/mol. The summed E-state index contributed by atoms with van der Waals surface area (Å²) < 4.78 is 4.99. The number of nitrogens with one attached hydrogen (secondary N) is 1. The number of hydrogen-bond acceptors (Lipinski definition) is 6. The summed E-state index contributed by atoms with van der Waals surface area (Å²) in [5.41, 5.74) is 0.665. The number of likely N-dealkylation sites (N-methyl/N-ethyl adjacent to an activating group) is 1. The first kappa shape index (κ1) is 19.1. The number of piperazine rings is 1. The van der Waals surface area contributed by atoms with Crippen molar-refractivity contribution >= 4 is 17.5 Å². The van der Waals surface area contributed by atoms with Crippen LogP contribution in [0.15, 0.2) is 18.3 Å². The van der Waals surface area contributed by atoms with E-state index in [-0.39, 0.29) is 11.8 Å². The van der Waals surface area contributed by atoms with Crippen molar-refractivity contribution in [3.05, 3.63) is 18.3 Å². The molecule has 1 aromatic rings. The highest BCUT2D eigenvalue weighted by molar-refractivity contribution is 5.90. The summed E-state index contributed by atoms with van der Waals surface area (Å²) in [6.07, 6.45) is 2.01. The average Bonchev–Trinajstić information content (AvgIpc) is 2.61. The molecule has 1 aliphatic rings. The van der Waals surface area contributed by atoms with Crippen LogP contribution >= 0.6 is 0 Å². The minimum Gasteiger partial charge on any atom is -0.481 e. The van der Waals surface area contributed by atoms with Crippen LogP contribution in [0.25, 0.3) is 0 Å². The molecule has 0 bridgehead atoms. The maximum Gasteiger partial charge on any atom is 0.236 e. The van der Waals surface area contributed by atoms with Gasteiger partial charge in [0.05, 0.1) is 25.5 Å². The fraction of sp³-hybridized carbons (Fsp3) is 0.588.